The molecule has 0 aromatic carbocycles. The van der Waals surface area contributed by atoms with Crippen LogP contribution in [0.3, 0.4) is 0 Å². The smallest absolute Gasteiger partial charge is 0.259 e. The lowest BCUT2D eigenvalue weighted by Gasteiger charge is -2.32. The van der Waals surface area contributed by atoms with Gasteiger partial charge in [0, 0.05) is 19.7 Å². The maximum Gasteiger partial charge on any atom is 0.259 e. The van der Waals surface area contributed by atoms with E-state index in [1.54, 1.807) is 31.0 Å². The molecule has 0 unspecified atom stereocenters. The summed E-state index contributed by atoms with van der Waals surface area (Å²) in [6.07, 6.45) is 1.20. The van der Waals surface area contributed by atoms with Gasteiger partial charge in [-0.15, -0.1) is 0 Å². The largest absolute Gasteiger partial charge is 0.367 e. The van der Waals surface area contributed by atoms with E-state index in [9.17, 15) is 9.59 Å². The van der Waals surface area contributed by atoms with E-state index in [0.29, 0.717) is 54.8 Å². The van der Waals surface area contributed by atoms with Crippen LogP contribution in [0.15, 0.2) is 16.8 Å². The average molecular weight is 359 g/mol. The summed E-state index contributed by atoms with van der Waals surface area (Å²) in [4.78, 5) is 34.3. The quantitative estimate of drug-likeness (QED) is 0.864. The Morgan fingerprint density at radius 2 is 2.19 bits per heavy atom. The van der Waals surface area contributed by atoms with Crippen molar-refractivity contribution < 1.29 is 18.8 Å². The molecule has 3 heterocycles. The Labute approximate surface area is 150 Å². The van der Waals surface area contributed by atoms with Crippen LogP contribution < -0.4 is 5.32 Å². The third-order valence-electron chi connectivity index (χ3n) is 4.14. The first kappa shape index (κ1) is 18.0. The molecule has 1 fully saturated rings. The first-order valence-corrected chi connectivity index (χ1v) is 8.35. The van der Waals surface area contributed by atoms with E-state index in [-0.39, 0.29) is 11.8 Å². The van der Waals surface area contributed by atoms with Gasteiger partial charge in [0.1, 0.15) is 17.4 Å². The minimum absolute atomic E-state index is 0.129. The molecule has 2 aromatic heterocycles. The van der Waals surface area contributed by atoms with Gasteiger partial charge in [0.05, 0.1) is 31.1 Å². The van der Waals surface area contributed by atoms with E-state index >= 15 is 0 Å². The Hall–Kier alpha value is -2.81. The van der Waals surface area contributed by atoms with Crippen LogP contribution in [-0.2, 0) is 16.1 Å². The number of aryl methyl sites for hydroxylation is 2. The molecule has 9 heteroatoms. The lowest BCUT2D eigenvalue weighted by Crippen LogP contribution is -2.43. The highest BCUT2D eigenvalue weighted by molar-refractivity contribution is 5.96. The van der Waals surface area contributed by atoms with Gasteiger partial charge in [0.15, 0.2) is 5.82 Å². The summed E-state index contributed by atoms with van der Waals surface area (Å²) in [7, 11) is 0. The normalized spacial score (nSPS) is 17.2. The van der Waals surface area contributed by atoms with Crippen molar-refractivity contribution in [2.75, 3.05) is 19.7 Å². The molecule has 138 valence electrons. The molecule has 1 aliphatic heterocycles. The fourth-order valence-corrected chi connectivity index (χ4v) is 2.82. The predicted octanol–water partition coefficient (Wildman–Crippen LogP) is 0.931. The number of ether oxygens (including phenoxy) is 1. The summed E-state index contributed by atoms with van der Waals surface area (Å²) in [6.45, 7) is 6.44. The van der Waals surface area contributed by atoms with E-state index < -0.39 is 6.10 Å². The molecule has 0 saturated carbocycles. The number of amides is 2. The van der Waals surface area contributed by atoms with Gasteiger partial charge in [-0.25, -0.2) is 9.97 Å². The first-order chi connectivity index (χ1) is 12.5. The minimum atomic E-state index is -0.426. The molecule has 2 aromatic rings. The summed E-state index contributed by atoms with van der Waals surface area (Å²) in [5.41, 5.74) is 1.75. The number of hydrogen-bond donors (Lipinski definition) is 1. The van der Waals surface area contributed by atoms with E-state index in [1.165, 1.54) is 6.92 Å². The Balaban J connectivity index is 1.73. The van der Waals surface area contributed by atoms with Gasteiger partial charge in [-0.1, -0.05) is 5.16 Å². The zero-order valence-electron chi connectivity index (χ0n) is 15.0. The number of carbonyl (C=O) groups is 2. The van der Waals surface area contributed by atoms with Crippen molar-refractivity contribution in [3.8, 4) is 0 Å². The summed E-state index contributed by atoms with van der Waals surface area (Å²) < 4.78 is 10.9. The Bertz CT molecular complexity index is 800. The van der Waals surface area contributed by atoms with E-state index in [4.69, 9.17) is 9.26 Å². The molecule has 1 saturated heterocycles. The van der Waals surface area contributed by atoms with Crippen LogP contribution in [0.5, 0.6) is 0 Å². The zero-order valence-corrected chi connectivity index (χ0v) is 15.0. The molecular weight excluding hydrogens is 338 g/mol. The van der Waals surface area contributed by atoms with E-state index in [2.05, 4.69) is 20.4 Å². The van der Waals surface area contributed by atoms with Gasteiger partial charge >= 0.3 is 0 Å². The van der Waals surface area contributed by atoms with Crippen LogP contribution >= 0.6 is 0 Å². The SMILES string of the molecule is CC(=O)NCc1ccnc([C@H]2CN(C(=O)c3c(C)noc3C)CCO2)n1. The second-order valence-corrected chi connectivity index (χ2v) is 6.13. The molecule has 3 rings (SSSR count). The molecule has 0 spiro atoms. The number of rotatable bonds is 4. The Morgan fingerprint density at radius 3 is 2.88 bits per heavy atom. The van der Waals surface area contributed by atoms with Crippen molar-refractivity contribution in [3.63, 3.8) is 0 Å². The van der Waals surface area contributed by atoms with E-state index in [0.717, 1.165) is 0 Å². The van der Waals surface area contributed by atoms with Crippen LogP contribution in [0.2, 0.25) is 0 Å². The van der Waals surface area contributed by atoms with Crippen LogP contribution in [-0.4, -0.2) is 51.5 Å². The highest BCUT2D eigenvalue weighted by Gasteiger charge is 2.30. The molecule has 9 nitrogen and oxygen atoms in total. The number of hydrogen-bond acceptors (Lipinski definition) is 7. The molecule has 1 atom stereocenters. The van der Waals surface area contributed by atoms with Gasteiger partial charge < -0.3 is 19.5 Å². The molecule has 26 heavy (non-hydrogen) atoms. The third-order valence-corrected chi connectivity index (χ3v) is 4.14. The minimum Gasteiger partial charge on any atom is -0.367 e. The molecule has 0 radical (unpaired) electrons. The molecule has 0 bridgehead atoms. The number of nitrogens with zero attached hydrogens (tertiary/aromatic N) is 4. The molecule has 1 aliphatic rings. The topological polar surface area (TPSA) is 110 Å². The highest BCUT2D eigenvalue weighted by atomic mass is 16.5. The number of morpholine rings is 1. The standard InChI is InChI=1S/C17H21N5O4/c1-10-15(11(2)26-21-10)17(24)22-6-7-25-14(9-22)16-18-5-4-13(20-16)8-19-12(3)23/h4-5,14H,6-9H2,1-3H3,(H,19,23)/t14-/m1/s1. The molecule has 0 aliphatic carbocycles. The fourth-order valence-electron chi connectivity index (χ4n) is 2.82. The predicted molar refractivity (Wildman–Crippen MR) is 90.1 cm³/mol. The van der Waals surface area contributed by atoms with Gasteiger partial charge in [0.2, 0.25) is 5.91 Å². The average Bonchev–Trinajstić information content (AvgIpc) is 2.98. The van der Waals surface area contributed by atoms with Gasteiger partial charge in [0.25, 0.3) is 5.91 Å². The maximum atomic E-state index is 12.8. The molecule has 2 amide bonds. The molecule has 1 N–H and O–H groups in total. The Kier molecular flexibility index (Phi) is 5.27. The number of aromatic nitrogens is 3. The van der Waals surface area contributed by atoms with Crippen molar-refractivity contribution in [2.45, 2.75) is 33.4 Å². The van der Waals surface area contributed by atoms with Gasteiger partial charge in [-0.3, -0.25) is 9.59 Å². The van der Waals surface area contributed by atoms with E-state index in [1.807, 2.05) is 0 Å². The fraction of sp³-hybridized carbons (Fsp3) is 0.471. The zero-order chi connectivity index (χ0) is 18.7. The van der Waals surface area contributed by atoms with Crippen molar-refractivity contribution in [1.29, 1.82) is 0 Å². The van der Waals surface area contributed by atoms with Crippen LogP contribution in [0.4, 0.5) is 0 Å². The first-order valence-electron chi connectivity index (χ1n) is 8.35. The monoisotopic (exact) mass is 359 g/mol. The number of carbonyl (C=O) groups excluding carboxylic acids is 2. The van der Waals surface area contributed by atoms with Crippen LogP contribution in [0, 0.1) is 13.8 Å². The van der Waals surface area contributed by atoms with Crippen molar-refractivity contribution in [2.24, 2.45) is 0 Å². The van der Waals surface area contributed by atoms with Crippen LogP contribution in [0.25, 0.3) is 0 Å². The lowest BCUT2D eigenvalue weighted by molar-refractivity contribution is -0.119. The maximum absolute atomic E-state index is 12.8. The Morgan fingerprint density at radius 1 is 1.38 bits per heavy atom. The highest BCUT2D eigenvalue weighted by Crippen LogP contribution is 2.22. The third kappa shape index (κ3) is 3.88. The van der Waals surface area contributed by atoms with Crippen LogP contribution in [0.1, 0.15) is 46.4 Å². The lowest BCUT2D eigenvalue weighted by atomic mass is 10.1. The summed E-state index contributed by atoms with van der Waals surface area (Å²) in [5, 5.41) is 6.54. The van der Waals surface area contributed by atoms with Crippen molar-refractivity contribution in [1.82, 2.24) is 25.3 Å². The summed E-state index contributed by atoms with van der Waals surface area (Å²) in [5.74, 6) is 0.729. The summed E-state index contributed by atoms with van der Waals surface area (Å²) >= 11 is 0. The summed E-state index contributed by atoms with van der Waals surface area (Å²) in [6, 6.07) is 1.73. The second kappa shape index (κ2) is 7.61. The number of nitrogens with one attached hydrogen (secondary N) is 1. The molecular formula is C17H21N5O4. The van der Waals surface area contributed by atoms with Gasteiger partial charge in [-0.2, -0.15) is 0 Å². The van der Waals surface area contributed by atoms with Gasteiger partial charge in [-0.05, 0) is 19.9 Å². The van der Waals surface area contributed by atoms with Crippen molar-refractivity contribution >= 4 is 11.8 Å². The van der Waals surface area contributed by atoms with Crippen molar-refractivity contribution in [3.05, 3.63) is 40.8 Å². The second-order valence-electron chi connectivity index (χ2n) is 6.13.